The number of thiophene rings is 1. The fourth-order valence-corrected chi connectivity index (χ4v) is 3.33. The van der Waals surface area contributed by atoms with E-state index in [0.29, 0.717) is 15.5 Å². The molecule has 0 spiro atoms. The lowest BCUT2D eigenvalue weighted by atomic mass is 10.1. The second kappa shape index (κ2) is 4.86. The molecule has 0 radical (unpaired) electrons. The molecule has 2 rings (SSSR count). The van der Waals surface area contributed by atoms with Gasteiger partial charge in [0.05, 0.1) is 9.16 Å². The van der Waals surface area contributed by atoms with Gasteiger partial charge in [0.15, 0.2) is 0 Å². The minimum atomic E-state index is -0.158. The van der Waals surface area contributed by atoms with Crippen molar-refractivity contribution in [1.29, 1.82) is 0 Å². The van der Waals surface area contributed by atoms with Crippen LogP contribution in [0.25, 0.3) is 0 Å². The lowest BCUT2D eigenvalue weighted by molar-refractivity contribution is 0.605. The molecule has 16 heavy (non-hydrogen) atoms. The molecule has 0 bridgehead atoms. The van der Waals surface area contributed by atoms with Gasteiger partial charge in [-0.25, -0.2) is 4.39 Å². The molecule has 0 aliphatic heterocycles. The Labute approximate surface area is 111 Å². The van der Waals surface area contributed by atoms with Crippen molar-refractivity contribution in [1.82, 2.24) is 0 Å². The van der Waals surface area contributed by atoms with Gasteiger partial charge < -0.3 is 0 Å². The van der Waals surface area contributed by atoms with Crippen molar-refractivity contribution in [3.05, 3.63) is 56.5 Å². The zero-order valence-electron chi connectivity index (χ0n) is 8.51. The summed E-state index contributed by atoms with van der Waals surface area (Å²) in [6.45, 7) is 1.76. The van der Waals surface area contributed by atoms with Crippen LogP contribution in [0.4, 0.5) is 4.39 Å². The van der Waals surface area contributed by atoms with Crippen LogP contribution in [-0.4, -0.2) is 0 Å². The summed E-state index contributed by atoms with van der Waals surface area (Å²) in [6.07, 6.45) is 0. The highest BCUT2D eigenvalue weighted by Crippen LogP contribution is 2.38. The van der Waals surface area contributed by atoms with Gasteiger partial charge in [-0.05, 0) is 24.6 Å². The highest BCUT2D eigenvalue weighted by molar-refractivity contribution is 9.09. The van der Waals surface area contributed by atoms with E-state index in [1.54, 1.807) is 19.1 Å². The van der Waals surface area contributed by atoms with Crippen LogP contribution in [0.2, 0.25) is 4.34 Å². The van der Waals surface area contributed by atoms with Crippen LogP contribution in [-0.2, 0) is 0 Å². The standard InChI is InChI=1S/C12H9BrClFS/c1-7-3-2-4-8(12(7)15)11(13)9-5-6-10(14)16-9/h2-6,11H,1H3. The highest BCUT2D eigenvalue weighted by atomic mass is 79.9. The lowest BCUT2D eigenvalue weighted by Gasteiger charge is -2.10. The van der Waals surface area contributed by atoms with E-state index in [2.05, 4.69) is 15.9 Å². The predicted octanol–water partition coefficient (Wildman–Crippen LogP) is 5.33. The fraction of sp³-hybridized carbons (Fsp3) is 0.167. The van der Waals surface area contributed by atoms with E-state index in [9.17, 15) is 4.39 Å². The Bertz CT molecular complexity index is 509. The van der Waals surface area contributed by atoms with Gasteiger partial charge in [0.1, 0.15) is 5.82 Å². The molecule has 1 heterocycles. The third-order valence-electron chi connectivity index (χ3n) is 2.34. The summed E-state index contributed by atoms with van der Waals surface area (Å²) in [7, 11) is 0. The Hall–Kier alpha value is -0.380. The van der Waals surface area contributed by atoms with E-state index in [1.165, 1.54) is 11.3 Å². The first-order valence-electron chi connectivity index (χ1n) is 4.74. The van der Waals surface area contributed by atoms with Crippen molar-refractivity contribution in [3.8, 4) is 0 Å². The molecule has 0 nitrogen and oxygen atoms in total. The van der Waals surface area contributed by atoms with Gasteiger partial charge in [0, 0.05) is 10.4 Å². The normalized spacial score (nSPS) is 12.8. The van der Waals surface area contributed by atoms with Gasteiger partial charge in [-0.3, -0.25) is 0 Å². The number of benzene rings is 1. The van der Waals surface area contributed by atoms with Gasteiger partial charge in [-0.2, -0.15) is 0 Å². The van der Waals surface area contributed by atoms with E-state index in [0.717, 1.165) is 4.88 Å². The van der Waals surface area contributed by atoms with E-state index in [-0.39, 0.29) is 10.6 Å². The molecule has 4 heteroatoms. The van der Waals surface area contributed by atoms with Crippen molar-refractivity contribution in [2.24, 2.45) is 0 Å². The Morgan fingerprint density at radius 1 is 1.31 bits per heavy atom. The average Bonchev–Trinajstić information content (AvgIpc) is 2.68. The molecule has 0 N–H and O–H groups in total. The van der Waals surface area contributed by atoms with Crippen LogP contribution >= 0.6 is 38.9 Å². The third-order valence-corrected chi connectivity index (χ3v) is 4.92. The van der Waals surface area contributed by atoms with Crippen LogP contribution in [0.1, 0.15) is 20.8 Å². The zero-order chi connectivity index (χ0) is 11.7. The first-order chi connectivity index (χ1) is 7.59. The van der Waals surface area contributed by atoms with Gasteiger partial charge in [0.25, 0.3) is 0 Å². The Kier molecular flexibility index (Phi) is 3.67. The molecular weight excluding hydrogens is 311 g/mol. The van der Waals surface area contributed by atoms with Crippen LogP contribution in [0.15, 0.2) is 30.3 Å². The molecule has 0 saturated heterocycles. The maximum absolute atomic E-state index is 13.9. The zero-order valence-corrected chi connectivity index (χ0v) is 11.7. The maximum Gasteiger partial charge on any atom is 0.130 e. The molecule has 0 aliphatic rings. The van der Waals surface area contributed by atoms with Crippen LogP contribution in [0.5, 0.6) is 0 Å². The number of alkyl halides is 1. The Morgan fingerprint density at radius 2 is 2.06 bits per heavy atom. The smallest absolute Gasteiger partial charge is 0.130 e. The number of hydrogen-bond donors (Lipinski definition) is 0. The molecule has 1 aromatic carbocycles. The van der Waals surface area contributed by atoms with Crippen molar-refractivity contribution in [2.45, 2.75) is 11.8 Å². The largest absolute Gasteiger partial charge is 0.206 e. The predicted molar refractivity (Wildman–Crippen MR) is 71.2 cm³/mol. The van der Waals surface area contributed by atoms with E-state index >= 15 is 0 Å². The van der Waals surface area contributed by atoms with Crippen LogP contribution < -0.4 is 0 Å². The van der Waals surface area contributed by atoms with Crippen molar-refractivity contribution in [2.75, 3.05) is 0 Å². The molecule has 1 atom stereocenters. The van der Waals surface area contributed by atoms with Gasteiger partial charge in [0.2, 0.25) is 0 Å². The SMILES string of the molecule is Cc1cccc(C(Br)c2ccc(Cl)s2)c1F. The number of halogens is 3. The summed E-state index contributed by atoms with van der Waals surface area (Å²) < 4.78 is 14.6. The van der Waals surface area contributed by atoms with E-state index < -0.39 is 0 Å². The quantitative estimate of drug-likeness (QED) is 0.656. The maximum atomic E-state index is 13.9. The second-order valence-corrected chi connectivity index (χ2v) is 6.14. The molecule has 0 amide bonds. The average molecular weight is 320 g/mol. The summed E-state index contributed by atoms with van der Waals surface area (Å²) in [4.78, 5) is 0.874. The minimum Gasteiger partial charge on any atom is -0.206 e. The Morgan fingerprint density at radius 3 is 2.69 bits per heavy atom. The van der Waals surface area contributed by atoms with E-state index in [4.69, 9.17) is 11.6 Å². The topological polar surface area (TPSA) is 0 Å². The number of aryl methyl sites for hydroxylation is 1. The van der Waals surface area contributed by atoms with Crippen molar-refractivity contribution >= 4 is 38.9 Å². The molecule has 0 saturated carbocycles. The number of hydrogen-bond acceptors (Lipinski definition) is 1. The lowest BCUT2D eigenvalue weighted by Crippen LogP contribution is -1.96. The van der Waals surface area contributed by atoms with Gasteiger partial charge >= 0.3 is 0 Å². The van der Waals surface area contributed by atoms with Crippen molar-refractivity contribution in [3.63, 3.8) is 0 Å². The molecule has 1 unspecified atom stereocenters. The fourth-order valence-electron chi connectivity index (χ4n) is 1.48. The summed E-state index contributed by atoms with van der Waals surface area (Å²) in [5.41, 5.74) is 1.31. The monoisotopic (exact) mass is 318 g/mol. The molecule has 84 valence electrons. The highest BCUT2D eigenvalue weighted by Gasteiger charge is 2.17. The third kappa shape index (κ3) is 2.31. The van der Waals surface area contributed by atoms with Crippen molar-refractivity contribution < 1.29 is 4.39 Å². The minimum absolute atomic E-state index is 0.134. The van der Waals surface area contributed by atoms with Crippen LogP contribution in [0.3, 0.4) is 0 Å². The number of rotatable bonds is 2. The molecule has 0 aliphatic carbocycles. The van der Waals surface area contributed by atoms with Gasteiger partial charge in [-0.15, -0.1) is 11.3 Å². The molecule has 1 aromatic heterocycles. The van der Waals surface area contributed by atoms with Gasteiger partial charge in [-0.1, -0.05) is 45.7 Å². The molecular formula is C12H9BrClFS. The van der Waals surface area contributed by atoms with Crippen LogP contribution in [0, 0.1) is 12.7 Å². The summed E-state index contributed by atoms with van der Waals surface area (Å²) in [5, 5.41) is 0. The summed E-state index contributed by atoms with van der Waals surface area (Å²) in [6, 6.07) is 9.14. The molecule has 0 fully saturated rings. The first-order valence-corrected chi connectivity index (χ1v) is 6.85. The summed E-state index contributed by atoms with van der Waals surface area (Å²) >= 11 is 10.8. The summed E-state index contributed by atoms with van der Waals surface area (Å²) in [5.74, 6) is -0.158. The second-order valence-electron chi connectivity index (χ2n) is 3.48. The molecule has 2 aromatic rings. The first kappa shape index (κ1) is 12.1. The van der Waals surface area contributed by atoms with E-state index in [1.807, 2.05) is 18.2 Å². The Balaban J connectivity index is 2.41.